The molecule has 0 bridgehead atoms. The molecule has 7 heteroatoms. The highest BCUT2D eigenvalue weighted by Crippen LogP contribution is 2.41. The van der Waals surface area contributed by atoms with Crippen molar-refractivity contribution in [3.05, 3.63) is 114 Å². The summed E-state index contributed by atoms with van der Waals surface area (Å²) < 4.78 is 5.55. The number of aryl methyl sites for hydroxylation is 1. The third kappa shape index (κ3) is 7.64. The normalized spacial score (nSPS) is 17.3. The van der Waals surface area contributed by atoms with Gasteiger partial charge < -0.3 is 20.3 Å². The van der Waals surface area contributed by atoms with Crippen molar-refractivity contribution in [2.75, 3.05) is 5.32 Å². The van der Waals surface area contributed by atoms with E-state index in [4.69, 9.17) is 4.74 Å². The van der Waals surface area contributed by atoms with Crippen LogP contribution >= 0.6 is 0 Å². The van der Waals surface area contributed by atoms with Gasteiger partial charge in [-0.1, -0.05) is 97.4 Å². The average Bonchev–Trinajstić information content (AvgIpc) is 3.70. The van der Waals surface area contributed by atoms with Crippen molar-refractivity contribution in [2.45, 2.75) is 71.2 Å². The maximum atomic E-state index is 14.7. The Morgan fingerprint density at radius 1 is 0.886 bits per heavy atom. The van der Waals surface area contributed by atoms with Gasteiger partial charge in [-0.2, -0.15) is 0 Å². The standard InChI is InChI=1S/C37H41N3O4/c1-24-15-17-28(18-16-24)33(34(41)38-30-20-19-27-13-9-10-14-29(27)23-30)40(32-21-25(32)2)35(42)31(22-26-11-7-6-8-12-26)39-36(43)44-37(3,4)5/h6-20,23,25,31-33H,21-22H2,1-5H3,(H,38,41)(H,39,43). The number of carbonyl (C=O) groups is 3. The molecule has 1 aliphatic rings. The van der Waals surface area contributed by atoms with Crippen LogP contribution in [0.3, 0.4) is 0 Å². The predicted octanol–water partition coefficient (Wildman–Crippen LogP) is 7.20. The van der Waals surface area contributed by atoms with Crippen molar-refractivity contribution in [2.24, 2.45) is 5.92 Å². The Labute approximate surface area is 259 Å². The van der Waals surface area contributed by atoms with Crippen LogP contribution in [0.1, 0.15) is 56.8 Å². The lowest BCUT2D eigenvalue weighted by Gasteiger charge is -2.35. The molecule has 0 spiro atoms. The molecular weight excluding hydrogens is 550 g/mol. The van der Waals surface area contributed by atoms with Crippen LogP contribution in [0.15, 0.2) is 97.1 Å². The summed E-state index contributed by atoms with van der Waals surface area (Å²) in [5, 5.41) is 8.01. The van der Waals surface area contributed by atoms with Crippen molar-refractivity contribution in [1.82, 2.24) is 10.2 Å². The summed E-state index contributed by atoms with van der Waals surface area (Å²) in [7, 11) is 0. The van der Waals surface area contributed by atoms with Gasteiger partial charge >= 0.3 is 6.09 Å². The number of nitrogens with one attached hydrogen (secondary N) is 2. The van der Waals surface area contributed by atoms with Crippen molar-refractivity contribution in [1.29, 1.82) is 0 Å². The molecule has 3 amide bonds. The van der Waals surface area contributed by atoms with Crippen LogP contribution in [0.5, 0.6) is 0 Å². The number of benzene rings is 4. The number of nitrogens with zero attached hydrogens (tertiary/aromatic N) is 1. The Morgan fingerprint density at radius 3 is 2.16 bits per heavy atom. The molecule has 5 rings (SSSR count). The highest BCUT2D eigenvalue weighted by molar-refractivity contribution is 6.00. The second-order valence-electron chi connectivity index (χ2n) is 12.8. The van der Waals surface area contributed by atoms with E-state index >= 15 is 0 Å². The zero-order valence-electron chi connectivity index (χ0n) is 26.0. The average molecular weight is 592 g/mol. The van der Waals surface area contributed by atoms with Gasteiger partial charge in [0.25, 0.3) is 5.91 Å². The monoisotopic (exact) mass is 591 g/mol. The Balaban J connectivity index is 1.52. The van der Waals surface area contributed by atoms with Crippen molar-refractivity contribution in [3.8, 4) is 0 Å². The number of amides is 3. The van der Waals surface area contributed by atoms with Gasteiger partial charge in [0, 0.05) is 18.2 Å². The van der Waals surface area contributed by atoms with E-state index < -0.39 is 23.8 Å². The SMILES string of the molecule is Cc1ccc(C(C(=O)Nc2ccc3ccccc3c2)N(C(=O)C(Cc2ccccc2)NC(=O)OC(C)(C)C)C2CC2C)cc1. The Hall–Kier alpha value is -4.65. The molecule has 7 nitrogen and oxygen atoms in total. The summed E-state index contributed by atoms with van der Waals surface area (Å²) >= 11 is 0. The maximum absolute atomic E-state index is 14.7. The zero-order chi connectivity index (χ0) is 31.4. The Morgan fingerprint density at radius 2 is 1.52 bits per heavy atom. The van der Waals surface area contributed by atoms with Gasteiger partial charge in [0.05, 0.1) is 0 Å². The summed E-state index contributed by atoms with van der Waals surface area (Å²) in [5.41, 5.74) is 2.55. The molecule has 4 aromatic carbocycles. The number of rotatable bonds is 9. The minimum Gasteiger partial charge on any atom is -0.444 e. The van der Waals surface area contributed by atoms with Gasteiger partial charge in [0.1, 0.15) is 17.7 Å². The molecule has 1 aliphatic carbocycles. The van der Waals surface area contributed by atoms with Gasteiger partial charge in [-0.3, -0.25) is 9.59 Å². The molecule has 4 unspecified atom stereocenters. The van der Waals surface area contributed by atoms with Gasteiger partial charge in [0.2, 0.25) is 5.91 Å². The van der Waals surface area contributed by atoms with Gasteiger partial charge in [-0.05, 0) is 74.1 Å². The molecular formula is C37H41N3O4. The van der Waals surface area contributed by atoms with E-state index in [2.05, 4.69) is 17.6 Å². The maximum Gasteiger partial charge on any atom is 0.408 e. The summed E-state index contributed by atoms with van der Waals surface area (Å²) in [6.07, 6.45) is 0.341. The Bertz CT molecular complexity index is 1630. The van der Waals surface area contributed by atoms with Crippen molar-refractivity contribution < 1.29 is 19.1 Å². The topological polar surface area (TPSA) is 87.7 Å². The lowest BCUT2D eigenvalue weighted by molar-refractivity contribution is -0.141. The van der Waals surface area contributed by atoms with Crippen LogP contribution in [0.25, 0.3) is 10.8 Å². The van der Waals surface area contributed by atoms with Gasteiger partial charge in [-0.25, -0.2) is 4.79 Å². The minimum atomic E-state index is -0.943. The molecule has 4 aromatic rings. The van der Waals surface area contributed by atoms with E-state index in [1.54, 1.807) is 25.7 Å². The van der Waals surface area contributed by atoms with Crippen LogP contribution in [0.2, 0.25) is 0 Å². The highest BCUT2D eigenvalue weighted by Gasteiger charge is 2.48. The zero-order valence-corrected chi connectivity index (χ0v) is 26.0. The second kappa shape index (κ2) is 12.9. The molecule has 4 atom stereocenters. The number of hydrogen-bond donors (Lipinski definition) is 2. The van der Waals surface area contributed by atoms with E-state index in [0.717, 1.165) is 28.3 Å². The minimum absolute atomic E-state index is 0.158. The second-order valence-corrected chi connectivity index (χ2v) is 12.8. The van der Waals surface area contributed by atoms with Crippen LogP contribution < -0.4 is 10.6 Å². The first-order valence-corrected chi connectivity index (χ1v) is 15.2. The van der Waals surface area contributed by atoms with Crippen LogP contribution in [0.4, 0.5) is 10.5 Å². The first kappa shape index (κ1) is 30.8. The predicted molar refractivity (Wildman–Crippen MR) is 174 cm³/mol. The first-order valence-electron chi connectivity index (χ1n) is 15.2. The third-order valence-electron chi connectivity index (χ3n) is 7.89. The summed E-state index contributed by atoms with van der Waals surface area (Å²) in [6.45, 7) is 9.41. The van der Waals surface area contributed by atoms with Gasteiger partial charge in [-0.15, -0.1) is 0 Å². The molecule has 2 N–H and O–H groups in total. The van der Waals surface area contributed by atoms with Crippen molar-refractivity contribution >= 4 is 34.4 Å². The van der Waals surface area contributed by atoms with Crippen LogP contribution in [0, 0.1) is 12.8 Å². The van der Waals surface area contributed by atoms with E-state index in [1.165, 1.54) is 0 Å². The Kier molecular flexibility index (Phi) is 9.04. The summed E-state index contributed by atoms with van der Waals surface area (Å²) in [6, 6.07) is 29.0. The molecule has 0 heterocycles. The van der Waals surface area contributed by atoms with E-state index in [9.17, 15) is 14.4 Å². The smallest absolute Gasteiger partial charge is 0.408 e. The number of alkyl carbamates (subject to hydrolysis) is 1. The van der Waals surface area contributed by atoms with Crippen LogP contribution in [-0.2, 0) is 20.7 Å². The van der Waals surface area contributed by atoms with E-state index in [-0.39, 0.29) is 30.2 Å². The number of fused-ring (bicyclic) bond motifs is 1. The molecule has 1 saturated carbocycles. The summed E-state index contributed by atoms with van der Waals surface area (Å²) in [5.74, 6) is -0.431. The van der Waals surface area contributed by atoms with Crippen LogP contribution in [-0.4, -0.2) is 40.5 Å². The number of ether oxygens (including phenoxy) is 1. The quantitative estimate of drug-likeness (QED) is 0.216. The fraction of sp³-hybridized carbons (Fsp3) is 0.324. The molecule has 1 fully saturated rings. The van der Waals surface area contributed by atoms with E-state index in [0.29, 0.717) is 11.3 Å². The highest BCUT2D eigenvalue weighted by atomic mass is 16.6. The molecule has 0 saturated heterocycles. The van der Waals surface area contributed by atoms with E-state index in [1.807, 2.05) is 104 Å². The lowest BCUT2D eigenvalue weighted by Crippen LogP contribution is -2.54. The van der Waals surface area contributed by atoms with Gasteiger partial charge in [0.15, 0.2) is 0 Å². The number of hydrogen-bond acceptors (Lipinski definition) is 4. The third-order valence-corrected chi connectivity index (χ3v) is 7.89. The fourth-order valence-electron chi connectivity index (χ4n) is 5.52. The molecule has 0 aromatic heterocycles. The first-order chi connectivity index (χ1) is 21.0. The molecule has 0 aliphatic heterocycles. The summed E-state index contributed by atoms with van der Waals surface area (Å²) in [4.78, 5) is 43.7. The molecule has 0 radical (unpaired) electrons. The lowest BCUT2D eigenvalue weighted by atomic mass is 9.99. The number of carbonyl (C=O) groups excluding carboxylic acids is 3. The largest absolute Gasteiger partial charge is 0.444 e. The number of anilines is 1. The van der Waals surface area contributed by atoms with Crippen molar-refractivity contribution in [3.63, 3.8) is 0 Å². The molecule has 228 valence electrons. The molecule has 44 heavy (non-hydrogen) atoms. The fourth-order valence-corrected chi connectivity index (χ4v) is 5.52.